The summed E-state index contributed by atoms with van der Waals surface area (Å²) in [6, 6.07) is 6.24. The van der Waals surface area contributed by atoms with Crippen LogP contribution in [-0.2, 0) is 4.74 Å². The maximum absolute atomic E-state index is 13.4. The third-order valence-corrected chi connectivity index (χ3v) is 2.67. The van der Waals surface area contributed by atoms with E-state index in [-0.39, 0.29) is 11.7 Å². The fourth-order valence-electron chi connectivity index (χ4n) is 1.75. The minimum Gasteiger partial charge on any atom is -0.385 e. The van der Waals surface area contributed by atoms with Gasteiger partial charge in [-0.05, 0) is 24.6 Å². The topological polar surface area (TPSA) is 54.1 Å². The minimum absolute atomic E-state index is 0.235. The van der Waals surface area contributed by atoms with Crippen LogP contribution < -0.4 is 5.32 Å². The highest BCUT2D eigenvalue weighted by atomic mass is 19.1. The standard InChI is InChI=1S/C13H15FN2O2/c1-18-7-3-6-15-13(17)12-8-9-10(14)4-2-5-11(9)16-12/h2,4-5,8,16H,3,6-7H2,1H3,(H,15,17). The number of methoxy groups -OCH3 is 1. The number of rotatable bonds is 5. The third kappa shape index (κ3) is 2.68. The molecule has 1 heterocycles. The molecule has 0 radical (unpaired) electrons. The van der Waals surface area contributed by atoms with Crippen molar-refractivity contribution in [2.45, 2.75) is 6.42 Å². The number of nitrogens with one attached hydrogen (secondary N) is 2. The highest BCUT2D eigenvalue weighted by molar-refractivity contribution is 5.98. The summed E-state index contributed by atoms with van der Waals surface area (Å²) in [6.45, 7) is 1.13. The molecule has 1 aromatic heterocycles. The van der Waals surface area contributed by atoms with Crippen molar-refractivity contribution >= 4 is 16.8 Å². The Kier molecular flexibility index (Phi) is 3.94. The van der Waals surface area contributed by atoms with Crippen LogP contribution in [-0.4, -0.2) is 31.2 Å². The van der Waals surface area contributed by atoms with E-state index in [0.29, 0.717) is 29.7 Å². The normalized spacial score (nSPS) is 10.8. The highest BCUT2D eigenvalue weighted by Gasteiger charge is 2.10. The number of aromatic nitrogens is 1. The molecular formula is C13H15FN2O2. The number of H-pyrrole nitrogens is 1. The lowest BCUT2D eigenvalue weighted by atomic mass is 10.2. The van der Waals surface area contributed by atoms with Crippen LogP contribution in [0, 0.1) is 5.82 Å². The predicted molar refractivity (Wildman–Crippen MR) is 67.1 cm³/mol. The summed E-state index contributed by atoms with van der Waals surface area (Å²) in [4.78, 5) is 14.7. The van der Waals surface area contributed by atoms with Gasteiger partial charge in [-0.2, -0.15) is 0 Å². The van der Waals surface area contributed by atoms with Crippen LogP contribution in [0.1, 0.15) is 16.9 Å². The van der Waals surface area contributed by atoms with Gasteiger partial charge in [0.15, 0.2) is 0 Å². The number of fused-ring (bicyclic) bond motifs is 1. The zero-order chi connectivity index (χ0) is 13.0. The average molecular weight is 250 g/mol. The third-order valence-electron chi connectivity index (χ3n) is 2.67. The van der Waals surface area contributed by atoms with E-state index in [2.05, 4.69) is 10.3 Å². The van der Waals surface area contributed by atoms with Gasteiger partial charge >= 0.3 is 0 Å². The van der Waals surface area contributed by atoms with Crippen LogP contribution in [0.4, 0.5) is 4.39 Å². The van der Waals surface area contributed by atoms with Gasteiger partial charge in [0, 0.05) is 31.2 Å². The molecule has 5 heteroatoms. The molecule has 0 bridgehead atoms. The molecule has 1 aromatic carbocycles. The van der Waals surface area contributed by atoms with Crippen LogP contribution in [0.5, 0.6) is 0 Å². The SMILES string of the molecule is COCCCNC(=O)c1cc2c(F)cccc2[nH]1. The molecule has 0 unspecified atom stereocenters. The molecule has 0 atom stereocenters. The number of hydrogen-bond donors (Lipinski definition) is 2. The van der Waals surface area contributed by atoms with Gasteiger partial charge in [0.05, 0.1) is 0 Å². The van der Waals surface area contributed by atoms with Gasteiger partial charge in [-0.25, -0.2) is 4.39 Å². The molecule has 0 aliphatic carbocycles. The number of carbonyl (C=O) groups excluding carboxylic acids is 1. The first-order valence-electron chi connectivity index (χ1n) is 5.76. The van der Waals surface area contributed by atoms with E-state index in [1.807, 2.05) is 0 Å². The van der Waals surface area contributed by atoms with Gasteiger partial charge in [-0.15, -0.1) is 0 Å². The fourth-order valence-corrected chi connectivity index (χ4v) is 1.75. The maximum atomic E-state index is 13.4. The van der Waals surface area contributed by atoms with Crippen molar-refractivity contribution < 1.29 is 13.9 Å². The molecule has 2 N–H and O–H groups in total. The molecule has 96 valence electrons. The molecular weight excluding hydrogens is 235 g/mol. The Morgan fingerprint density at radius 1 is 1.50 bits per heavy atom. The number of carbonyl (C=O) groups is 1. The van der Waals surface area contributed by atoms with Crippen LogP contribution >= 0.6 is 0 Å². The first kappa shape index (κ1) is 12.6. The molecule has 0 spiro atoms. The zero-order valence-electron chi connectivity index (χ0n) is 10.1. The number of aromatic amines is 1. The van der Waals surface area contributed by atoms with Crippen LogP contribution in [0.15, 0.2) is 24.3 Å². The van der Waals surface area contributed by atoms with Crippen molar-refractivity contribution in [1.29, 1.82) is 0 Å². The fraction of sp³-hybridized carbons (Fsp3) is 0.308. The summed E-state index contributed by atoms with van der Waals surface area (Å²) in [7, 11) is 1.61. The molecule has 0 aliphatic rings. The van der Waals surface area contributed by atoms with Crippen molar-refractivity contribution in [3.05, 3.63) is 35.8 Å². The lowest BCUT2D eigenvalue weighted by Crippen LogP contribution is -2.25. The maximum Gasteiger partial charge on any atom is 0.267 e. The van der Waals surface area contributed by atoms with Crippen LogP contribution in [0.3, 0.4) is 0 Å². The van der Waals surface area contributed by atoms with E-state index in [1.54, 1.807) is 19.2 Å². The second-order valence-corrected chi connectivity index (χ2v) is 3.99. The molecule has 18 heavy (non-hydrogen) atoms. The quantitative estimate of drug-likeness (QED) is 0.798. The Hall–Kier alpha value is -1.88. The molecule has 1 amide bonds. The number of ether oxygens (including phenoxy) is 1. The number of hydrogen-bond acceptors (Lipinski definition) is 2. The van der Waals surface area contributed by atoms with Gasteiger partial charge in [-0.3, -0.25) is 4.79 Å². The largest absolute Gasteiger partial charge is 0.385 e. The molecule has 0 fully saturated rings. The Bertz CT molecular complexity index is 551. The van der Waals surface area contributed by atoms with E-state index in [0.717, 1.165) is 6.42 Å². The van der Waals surface area contributed by atoms with Gasteiger partial charge in [0.25, 0.3) is 5.91 Å². The Morgan fingerprint density at radius 2 is 2.33 bits per heavy atom. The second kappa shape index (κ2) is 5.64. The van der Waals surface area contributed by atoms with Crippen molar-refractivity contribution in [2.75, 3.05) is 20.3 Å². The lowest BCUT2D eigenvalue weighted by Gasteiger charge is -2.02. The van der Waals surface area contributed by atoms with Crippen molar-refractivity contribution in [3.8, 4) is 0 Å². The van der Waals surface area contributed by atoms with E-state index < -0.39 is 0 Å². The summed E-state index contributed by atoms with van der Waals surface area (Å²) >= 11 is 0. The average Bonchev–Trinajstić information content (AvgIpc) is 2.80. The van der Waals surface area contributed by atoms with Crippen molar-refractivity contribution in [2.24, 2.45) is 0 Å². The van der Waals surface area contributed by atoms with Gasteiger partial charge in [0.2, 0.25) is 0 Å². The number of amides is 1. The van der Waals surface area contributed by atoms with E-state index >= 15 is 0 Å². The molecule has 4 nitrogen and oxygen atoms in total. The molecule has 2 aromatic rings. The molecule has 2 rings (SSSR count). The van der Waals surface area contributed by atoms with Gasteiger partial charge in [-0.1, -0.05) is 6.07 Å². The first-order chi connectivity index (χ1) is 8.72. The Balaban J connectivity index is 2.06. The molecule has 0 saturated heterocycles. The van der Waals surface area contributed by atoms with E-state index in [1.165, 1.54) is 12.1 Å². The first-order valence-corrected chi connectivity index (χ1v) is 5.76. The monoisotopic (exact) mass is 250 g/mol. The Labute approximate surface area is 104 Å². The smallest absolute Gasteiger partial charge is 0.267 e. The summed E-state index contributed by atoms with van der Waals surface area (Å²) < 4.78 is 18.3. The van der Waals surface area contributed by atoms with Gasteiger partial charge in [0.1, 0.15) is 11.5 Å². The summed E-state index contributed by atoms with van der Waals surface area (Å²) in [6.07, 6.45) is 0.747. The second-order valence-electron chi connectivity index (χ2n) is 3.99. The lowest BCUT2D eigenvalue weighted by molar-refractivity contribution is 0.0944. The van der Waals surface area contributed by atoms with Crippen LogP contribution in [0.25, 0.3) is 10.9 Å². The van der Waals surface area contributed by atoms with Crippen molar-refractivity contribution in [1.82, 2.24) is 10.3 Å². The van der Waals surface area contributed by atoms with Gasteiger partial charge < -0.3 is 15.0 Å². The summed E-state index contributed by atoms with van der Waals surface area (Å²) in [5.74, 6) is -0.566. The van der Waals surface area contributed by atoms with E-state index in [9.17, 15) is 9.18 Å². The molecule has 0 aliphatic heterocycles. The zero-order valence-corrected chi connectivity index (χ0v) is 10.1. The van der Waals surface area contributed by atoms with Crippen molar-refractivity contribution in [3.63, 3.8) is 0 Å². The van der Waals surface area contributed by atoms with E-state index in [4.69, 9.17) is 4.74 Å². The predicted octanol–water partition coefficient (Wildman–Crippen LogP) is 2.07. The summed E-state index contributed by atoms with van der Waals surface area (Å²) in [5.41, 5.74) is 0.990. The summed E-state index contributed by atoms with van der Waals surface area (Å²) in [5, 5.41) is 3.17. The van der Waals surface area contributed by atoms with Crippen LogP contribution in [0.2, 0.25) is 0 Å². The minimum atomic E-state index is -0.331. The number of halogens is 1. The highest BCUT2D eigenvalue weighted by Crippen LogP contribution is 2.18. The Morgan fingerprint density at radius 3 is 3.06 bits per heavy atom. The molecule has 0 saturated carbocycles. The number of benzene rings is 1.